The summed E-state index contributed by atoms with van der Waals surface area (Å²) >= 11 is 0. The second-order valence-electron chi connectivity index (χ2n) is 14.2. The van der Waals surface area contributed by atoms with Crippen LogP contribution in [0.2, 0.25) is 0 Å². The Morgan fingerprint density at radius 1 is 1.00 bits per heavy atom. The van der Waals surface area contributed by atoms with Gasteiger partial charge in [-0.25, -0.2) is 8.42 Å². The molecule has 1 unspecified atom stereocenters. The first-order valence-electron chi connectivity index (χ1n) is 15.0. The lowest BCUT2D eigenvalue weighted by atomic mass is 9.46. The van der Waals surface area contributed by atoms with Crippen molar-refractivity contribution in [1.82, 2.24) is 0 Å². The Morgan fingerprint density at radius 2 is 1.68 bits per heavy atom. The molecule has 3 saturated carbocycles. The van der Waals surface area contributed by atoms with Gasteiger partial charge in [0.05, 0.1) is 15.7 Å². The minimum atomic E-state index is -4.88. The first-order chi connectivity index (χ1) is 18.5. The number of hydrogen-bond donors (Lipinski definition) is 2. The Kier molecular flexibility index (Phi) is 7.61. The van der Waals surface area contributed by atoms with Crippen molar-refractivity contribution in [2.24, 2.45) is 40.4 Å². The van der Waals surface area contributed by atoms with E-state index in [0.29, 0.717) is 17.8 Å². The highest BCUT2D eigenvalue weighted by Gasteiger charge is 2.61. The van der Waals surface area contributed by atoms with Gasteiger partial charge in [-0.3, -0.25) is 0 Å². The summed E-state index contributed by atoms with van der Waals surface area (Å²) in [6.07, 6.45) is 1.02. The molecule has 10 atom stereocenters. The van der Waals surface area contributed by atoms with Crippen LogP contribution >= 0.6 is 0 Å². The molecule has 0 bridgehead atoms. The zero-order valence-corrected chi connectivity index (χ0v) is 24.9. The highest BCUT2D eigenvalue weighted by atomic mass is 32.2. The van der Waals surface area contributed by atoms with Crippen LogP contribution in [0.1, 0.15) is 85.5 Å². The molecule has 1 aromatic carbocycles. The summed E-state index contributed by atoms with van der Waals surface area (Å²) in [4.78, 5) is 0.00989. The van der Waals surface area contributed by atoms with E-state index in [9.17, 15) is 31.8 Å². The summed E-state index contributed by atoms with van der Waals surface area (Å²) in [5.74, 6) is 0.754. The molecule has 4 nitrogen and oxygen atoms in total. The smallest absolute Gasteiger partial charge is 0.390 e. The SMILES string of the molecule is C[C@H](C(C[C@@H](O)C(F)(F)F)S(=O)(=O)c1ccccc1)[C@H]1CC[C@H]2[C@@H]3CC=C4C[C@@](C)(O)CC[C@]4(C)[C@H]3CC[C@]12C. The van der Waals surface area contributed by atoms with Gasteiger partial charge < -0.3 is 10.2 Å². The maximum atomic E-state index is 13.8. The van der Waals surface area contributed by atoms with Crippen LogP contribution in [0.4, 0.5) is 13.2 Å². The lowest BCUT2D eigenvalue weighted by Crippen LogP contribution is -2.52. The first kappa shape index (κ1) is 30.1. The van der Waals surface area contributed by atoms with E-state index in [2.05, 4.69) is 19.9 Å². The Balaban J connectivity index is 1.45. The number of benzene rings is 1. The van der Waals surface area contributed by atoms with Crippen LogP contribution in [0.3, 0.4) is 0 Å². The molecule has 2 N–H and O–H groups in total. The molecule has 0 heterocycles. The van der Waals surface area contributed by atoms with Crippen LogP contribution in [0, 0.1) is 40.4 Å². The van der Waals surface area contributed by atoms with Gasteiger partial charge in [-0.15, -0.1) is 0 Å². The predicted molar refractivity (Wildman–Crippen MR) is 149 cm³/mol. The van der Waals surface area contributed by atoms with E-state index in [4.69, 9.17) is 0 Å². The molecule has 40 heavy (non-hydrogen) atoms. The molecule has 1 aromatic rings. The summed E-state index contributed by atoms with van der Waals surface area (Å²) in [5.41, 5.74) is 0.615. The second kappa shape index (κ2) is 10.1. The number of aliphatic hydroxyl groups excluding tert-OH is 1. The van der Waals surface area contributed by atoms with Gasteiger partial charge in [0, 0.05) is 0 Å². The van der Waals surface area contributed by atoms with Gasteiger partial charge in [0.25, 0.3) is 0 Å². The first-order valence-corrected chi connectivity index (χ1v) is 16.5. The monoisotopic (exact) mass is 582 g/mol. The molecule has 8 heteroatoms. The lowest BCUT2D eigenvalue weighted by Gasteiger charge is -2.59. The van der Waals surface area contributed by atoms with Crippen LogP contribution in [0.25, 0.3) is 0 Å². The average molecular weight is 583 g/mol. The molecule has 4 aliphatic carbocycles. The summed E-state index contributed by atoms with van der Waals surface area (Å²) in [6.45, 7) is 8.35. The van der Waals surface area contributed by atoms with E-state index in [1.165, 1.54) is 17.7 Å². The minimum absolute atomic E-state index is 0.00989. The van der Waals surface area contributed by atoms with E-state index < -0.39 is 45.3 Å². The van der Waals surface area contributed by atoms with Gasteiger partial charge in [0.15, 0.2) is 15.9 Å². The highest BCUT2D eigenvalue weighted by Crippen LogP contribution is 2.68. The van der Waals surface area contributed by atoms with E-state index in [1.807, 2.05) is 13.8 Å². The number of alkyl halides is 3. The van der Waals surface area contributed by atoms with E-state index in [-0.39, 0.29) is 21.6 Å². The molecule has 4 aliphatic rings. The maximum Gasteiger partial charge on any atom is 0.414 e. The minimum Gasteiger partial charge on any atom is -0.390 e. The Hall–Kier alpha value is -1.38. The fraction of sp³-hybridized carbons (Fsp3) is 0.750. The van der Waals surface area contributed by atoms with Gasteiger partial charge in [-0.1, -0.05) is 50.6 Å². The standard InChI is InChI=1S/C32H45F3O4S/c1-20(27(18-28(36)32(33,34)35)40(38,39)22-8-6-5-7-9-22)24-12-13-25-23-11-10-21-19-29(2,37)16-17-30(21,3)26(23)14-15-31(24,25)4/h5-10,20,23-28,36-37H,11-19H2,1-4H3/t20-,23-,24+,25-,26-,27?,28+,29-,30-,31+/m0/s1. The summed E-state index contributed by atoms with van der Waals surface area (Å²) in [6, 6.07) is 7.72. The van der Waals surface area contributed by atoms with Crippen LogP contribution in [-0.4, -0.2) is 41.8 Å². The van der Waals surface area contributed by atoms with Crippen molar-refractivity contribution in [1.29, 1.82) is 0 Å². The van der Waals surface area contributed by atoms with Gasteiger partial charge in [-0.2, -0.15) is 13.2 Å². The summed E-state index contributed by atoms with van der Waals surface area (Å²) in [7, 11) is -4.11. The number of halogens is 3. The predicted octanol–water partition coefficient (Wildman–Crippen LogP) is 7.11. The fourth-order valence-corrected chi connectivity index (χ4v) is 11.8. The van der Waals surface area contributed by atoms with E-state index in [0.717, 1.165) is 51.4 Å². The van der Waals surface area contributed by atoms with Crippen molar-refractivity contribution in [3.05, 3.63) is 42.0 Å². The largest absolute Gasteiger partial charge is 0.414 e. The van der Waals surface area contributed by atoms with Gasteiger partial charge in [-0.05, 0) is 117 Å². The zero-order valence-electron chi connectivity index (χ0n) is 24.1. The van der Waals surface area contributed by atoms with Crippen LogP contribution in [0.5, 0.6) is 0 Å². The molecular formula is C32H45F3O4S. The zero-order chi connectivity index (χ0) is 29.3. The van der Waals surface area contributed by atoms with Crippen LogP contribution in [-0.2, 0) is 9.84 Å². The number of allylic oxidation sites excluding steroid dienone is 1. The Bertz CT molecular complexity index is 1230. The second-order valence-corrected chi connectivity index (χ2v) is 16.4. The number of sulfone groups is 1. The average Bonchev–Trinajstić information content (AvgIpc) is 3.24. The molecule has 0 amide bonds. The van der Waals surface area contributed by atoms with Crippen LogP contribution < -0.4 is 0 Å². The highest BCUT2D eigenvalue weighted by molar-refractivity contribution is 7.92. The number of fused-ring (bicyclic) bond motifs is 5. The molecule has 5 rings (SSSR count). The quantitative estimate of drug-likeness (QED) is 0.351. The fourth-order valence-electron chi connectivity index (χ4n) is 9.73. The lowest BCUT2D eigenvalue weighted by molar-refractivity contribution is -0.206. The molecule has 0 saturated heterocycles. The molecule has 3 fully saturated rings. The van der Waals surface area contributed by atoms with Crippen molar-refractivity contribution in [2.45, 2.75) is 114 Å². The normalized spacial score (nSPS) is 40.3. The maximum absolute atomic E-state index is 13.8. The van der Waals surface area contributed by atoms with E-state index in [1.54, 1.807) is 18.2 Å². The van der Waals surface area contributed by atoms with Gasteiger partial charge >= 0.3 is 6.18 Å². The summed E-state index contributed by atoms with van der Waals surface area (Å²) in [5, 5.41) is 19.5. The third-order valence-corrected chi connectivity index (χ3v) is 14.3. The van der Waals surface area contributed by atoms with E-state index >= 15 is 0 Å². The molecule has 0 aliphatic heterocycles. The third kappa shape index (κ3) is 4.98. The van der Waals surface area contributed by atoms with Crippen molar-refractivity contribution < 1.29 is 31.8 Å². The number of aliphatic hydroxyl groups is 2. The van der Waals surface area contributed by atoms with Gasteiger partial charge in [0.1, 0.15) is 0 Å². The molecule has 0 aromatic heterocycles. The van der Waals surface area contributed by atoms with Crippen LogP contribution in [0.15, 0.2) is 46.9 Å². The molecule has 224 valence electrons. The van der Waals surface area contributed by atoms with Gasteiger partial charge in [0.2, 0.25) is 0 Å². The number of hydrogen-bond acceptors (Lipinski definition) is 4. The summed E-state index contributed by atoms with van der Waals surface area (Å²) < 4.78 is 68.2. The van der Waals surface area contributed by atoms with Crippen molar-refractivity contribution in [2.75, 3.05) is 0 Å². The number of rotatable bonds is 6. The molecular weight excluding hydrogens is 537 g/mol. The third-order valence-electron chi connectivity index (χ3n) is 12.0. The molecule has 0 radical (unpaired) electrons. The topological polar surface area (TPSA) is 74.6 Å². The van der Waals surface area contributed by atoms with Crippen molar-refractivity contribution >= 4 is 9.84 Å². The van der Waals surface area contributed by atoms with Crippen molar-refractivity contribution in [3.8, 4) is 0 Å². The molecule has 0 spiro atoms. The Labute approximate surface area is 237 Å². The Morgan fingerprint density at radius 3 is 2.33 bits per heavy atom. The van der Waals surface area contributed by atoms with Crippen molar-refractivity contribution in [3.63, 3.8) is 0 Å².